The van der Waals surface area contributed by atoms with E-state index in [1.165, 1.54) is 18.4 Å². The first kappa shape index (κ1) is 15.9. The highest BCUT2D eigenvalue weighted by atomic mass is 79.9. The third kappa shape index (κ3) is 3.01. The Morgan fingerprint density at radius 3 is 2.62 bits per heavy atom. The number of nitrogens with zero attached hydrogens (tertiary/aromatic N) is 1. The number of amides is 1. The zero-order chi connectivity index (χ0) is 16.7. The van der Waals surface area contributed by atoms with Gasteiger partial charge in [-0.25, -0.2) is 0 Å². The van der Waals surface area contributed by atoms with Crippen LogP contribution >= 0.6 is 15.9 Å². The van der Waals surface area contributed by atoms with Crippen molar-refractivity contribution in [3.63, 3.8) is 0 Å². The first-order valence-corrected chi connectivity index (χ1v) is 9.33. The molecule has 1 amide bonds. The average molecular weight is 385 g/mol. The van der Waals surface area contributed by atoms with E-state index in [1.807, 2.05) is 18.2 Å². The second-order valence-electron chi connectivity index (χ2n) is 6.84. The van der Waals surface area contributed by atoms with Gasteiger partial charge in [-0.1, -0.05) is 46.3 Å². The topological polar surface area (TPSA) is 32.3 Å². The first-order valence-electron chi connectivity index (χ1n) is 8.53. The van der Waals surface area contributed by atoms with E-state index in [2.05, 4.69) is 63.4 Å². The monoisotopic (exact) mass is 384 g/mol. The van der Waals surface area contributed by atoms with Gasteiger partial charge in [0, 0.05) is 16.2 Å². The number of benzene rings is 2. The Balaban J connectivity index is 1.87. The third-order valence-corrected chi connectivity index (χ3v) is 5.68. The molecule has 2 atom stereocenters. The van der Waals surface area contributed by atoms with Gasteiger partial charge in [0.05, 0.1) is 12.6 Å². The van der Waals surface area contributed by atoms with Crippen molar-refractivity contribution in [2.45, 2.75) is 31.8 Å². The van der Waals surface area contributed by atoms with E-state index in [-0.39, 0.29) is 11.9 Å². The summed E-state index contributed by atoms with van der Waals surface area (Å²) in [5, 5.41) is 3.09. The zero-order valence-corrected chi connectivity index (χ0v) is 15.3. The van der Waals surface area contributed by atoms with Gasteiger partial charge in [0.15, 0.2) is 0 Å². The number of hydrogen-bond donors (Lipinski definition) is 1. The van der Waals surface area contributed by atoms with Crippen molar-refractivity contribution >= 4 is 27.5 Å². The quantitative estimate of drug-likeness (QED) is 0.838. The maximum Gasteiger partial charge on any atom is 0.238 e. The van der Waals surface area contributed by atoms with Crippen LogP contribution in [-0.4, -0.2) is 23.4 Å². The molecule has 2 unspecified atom stereocenters. The van der Waals surface area contributed by atoms with Crippen LogP contribution in [0.4, 0.5) is 5.69 Å². The largest absolute Gasteiger partial charge is 0.325 e. The molecule has 2 aliphatic rings. The van der Waals surface area contributed by atoms with Crippen molar-refractivity contribution in [3.8, 4) is 0 Å². The number of rotatable bonds is 3. The number of hydrogen-bond acceptors (Lipinski definition) is 2. The normalized spacial score (nSPS) is 22.4. The van der Waals surface area contributed by atoms with E-state index < -0.39 is 0 Å². The molecular formula is C20H21BrN2O. The molecule has 0 aromatic heterocycles. The second kappa shape index (κ2) is 6.34. The standard InChI is InChI=1S/C20H21BrN2O/c1-13(14-7-8-14)23-12-19(24)22-18-10-9-16(21)11-17(18)20(23)15-5-3-2-4-6-15/h2-6,9-11,13-14,20H,7-8,12H2,1H3,(H,22,24). The summed E-state index contributed by atoms with van der Waals surface area (Å²) in [7, 11) is 0. The SMILES string of the molecule is CC(C1CC1)N1CC(=O)Nc2ccc(Br)cc2C1c1ccccc1. The minimum atomic E-state index is 0.0736. The lowest BCUT2D eigenvalue weighted by atomic mass is 9.94. The van der Waals surface area contributed by atoms with Crippen LogP contribution in [0.25, 0.3) is 0 Å². The van der Waals surface area contributed by atoms with Gasteiger partial charge in [0.2, 0.25) is 5.91 Å². The molecule has 2 aromatic rings. The van der Waals surface area contributed by atoms with Crippen LogP contribution in [0.5, 0.6) is 0 Å². The molecule has 0 bridgehead atoms. The van der Waals surface area contributed by atoms with E-state index in [4.69, 9.17) is 0 Å². The number of carbonyl (C=O) groups is 1. The lowest BCUT2D eigenvalue weighted by Gasteiger charge is -2.35. The minimum Gasteiger partial charge on any atom is -0.325 e. The molecule has 124 valence electrons. The summed E-state index contributed by atoms with van der Waals surface area (Å²) >= 11 is 3.60. The summed E-state index contributed by atoms with van der Waals surface area (Å²) in [5.74, 6) is 0.780. The third-order valence-electron chi connectivity index (χ3n) is 5.18. The maximum absolute atomic E-state index is 12.5. The van der Waals surface area contributed by atoms with Gasteiger partial charge in [-0.05, 0) is 55.0 Å². The smallest absolute Gasteiger partial charge is 0.238 e. The van der Waals surface area contributed by atoms with E-state index in [0.717, 1.165) is 15.7 Å². The van der Waals surface area contributed by atoms with Crippen LogP contribution in [0.1, 0.15) is 36.9 Å². The Kier molecular flexibility index (Phi) is 4.19. The molecule has 1 fully saturated rings. The molecule has 0 radical (unpaired) electrons. The van der Waals surface area contributed by atoms with Crippen LogP contribution in [0.2, 0.25) is 0 Å². The summed E-state index contributed by atoms with van der Waals surface area (Å²) in [6, 6.07) is 17.1. The summed E-state index contributed by atoms with van der Waals surface area (Å²) in [5.41, 5.74) is 3.32. The molecule has 0 spiro atoms. The predicted octanol–water partition coefficient (Wildman–Crippen LogP) is 4.59. The van der Waals surface area contributed by atoms with Crippen molar-refractivity contribution in [1.82, 2.24) is 4.90 Å². The summed E-state index contributed by atoms with van der Waals surface area (Å²) < 4.78 is 1.04. The van der Waals surface area contributed by atoms with Crippen molar-refractivity contribution in [2.24, 2.45) is 5.92 Å². The minimum absolute atomic E-state index is 0.0736. The number of nitrogens with one attached hydrogen (secondary N) is 1. The molecule has 3 nitrogen and oxygen atoms in total. The average Bonchev–Trinajstić information content (AvgIpc) is 3.42. The number of anilines is 1. The van der Waals surface area contributed by atoms with Crippen molar-refractivity contribution in [3.05, 3.63) is 64.1 Å². The van der Waals surface area contributed by atoms with E-state index in [1.54, 1.807) is 0 Å². The van der Waals surface area contributed by atoms with Crippen LogP contribution in [0, 0.1) is 5.92 Å². The van der Waals surface area contributed by atoms with Gasteiger partial charge in [0.1, 0.15) is 0 Å². The summed E-state index contributed by atoms with van der Waals surface area (Å²) in [6.45, 7) is 2.70. The fraction of sp³-hybridized carbons (Fsp3) is 0.350. The fourth-order valence-electron chi connectivity index (χ4n) is 3.73. The Hall–Kier alpha value is -1.65. The van der Waals surface area contributed by atoms with Crippen LogP contribution in [-0.2, 0) is 4.79 Å². The predicted molar refractivity (Wildman–Crippen MR) is 99.9 cm³/mol. The molecular weight excluding hydrogens is 364 g/mol. The lowest BCUT2D eigenvalue weighted by Crippen LogP contribution is -2.41. The molecule has 1 heterocycles. The van der Waals surface area contributed by atoms with E-state index in [0.29, 0.717) is 18.5 Å². The van der Waals surface area contributed by atoms with Crippen molar-refractivity contribution in [2.75, 3.05) is 11.9 Å². The lowest BCUT2D eigenvalue weighted by molar-refractivity contribution is -0.118. The Labute approximate surface area is 151 Å². The summed E-state index contributed by atoms with van der Waals surface area (Å²) in [6.07, 6.45) is 2.54. The van der Waals surface area contributed by atoms with E-state index in [9.17, 15) is 4.79 Å². The fourth-order valence-corrected chi connectivity index (χ4v) is 4.11. The number of carbonyl (C=O) groups excluding carboxylic acids is 1. The molecule has 1 aliphatic carbocycles. The first-order chi connectivity index (χ1) is 11.6. The molecule has 4 rings (SSSR count). The highest BCUT2D eigenvalue weighted by Gasteiger charge is 2.39. The van der Waals surface area contributed by atoms with Gasteiger partial charge in [-0.2, -0.15) is 0 Å². The maximum atomic E-state index is 12.5. The zero-order valence-electron chi connectivity index (χ0n) is 13.7. The Bertz CT molecular complexity index is 757. The molecule has 24 heavy (non-hydrogen) atoms. The molecule has 4 heteroatoms. The van der Waals surface area contributed by atoms with E-state index >= 15 is 0 Å². The molecule has 2 aromatic carbocycles. The van der Waals surface area contributed by atoms with Gasteiger partial charge < -0.3 is 5.32 Å². The van der Waals surface area contributed by atoms with Gasteiger partial charge in [-0.15, -0.1) is 0 Å². The van der Waals surface area contributed by atoms with Crippen LogP contribution < -0.4 is 5.32 Å². The highest BCUT2D eigenvalue weighted by molar-refractivity contribution is 9.10. The molecule has 1 N–H and O–H groups in total. The number of halogens is 1. The summed E-state index contributed by atoms with van der Waals surface area (Å²) in [4.78, 5) is 14.9. The second-order valence-corrected chi connectivity index (χ2v) is 7.76. The van der Waals surface area contributed by atoms with Crippen LogP contribution in [0.15, 0.2) is 53.0 Å². The van der Waals surface area contributed by atoms with Gasteiger partial charge >= 0.3 is 0 Å². The Morgan fingerprint density at radius 1 is 1.17 bits per heavy atom. The van der Waals surface area contributed by atoms with Crippen molar-refractivity contribution < 1.29 is 4.79 Å². The number of fused-ring (bicyclic) bond motifs is 1. The van der Waals surface area contributed by atoms with Crippen LogP contribution in [0.3, 0.4) is 0 Å². The van der Waals surface area contributed by atoms with Gasteiger partial charge in [0.25, 0.3) is 0 Å². The Morgan fingerprint density at radius 2 is 1.92 bits per heavy atom. The highest BCUT2D eigenvalue weighted by Crippen LogP contribution is 2.43. The van der Waals surface area contributed by atoms with Crippen molar-refractivity contribution in [1.29, 1.82) is 0 Å². The molecule has 0 saturated heterocycles. The van der Waals surface area contributed by atoms with Gasteiger partial charge in [-0.3, -0.25) is 9.69 Å². The molecule has 1 saturated carbocycles. The molecule has 1 aliphatic heterocycles.